The summed E-state index contributed by atoms with van der Waals surface area (Å²) in [6.07, 6.45) is 18.3. The first-order chi connectivity index (χ1) is 15.6. The molecule has 0 amide bonds. The molecule has 0 aromatic rings. The molecule has 1 saturated heterocycles. The molecule has 0 radical (unpaired) electrons. The molecule has 0 bridgehead atoms. The van der Waals surface area contributed by atoms with Gasteiger partial charge in [-0.1, -0.05) is 110 Å². The fourth-order valence-electron chi connectivity index (χ4n) is 4.38. The standard InChI is InChI=1S/C26H50O6/c1-2-3-4-5-6-7-8-9-10-11-12-13-14-15-16-17-18-19-24(29)32-23(20-27)26-25(30)22(28)21-31-26/h22-23,25-28,30H,2-21H2,1H3/t22-,23+,25+,26+/m0/s1. The largest absolute Gasteiger partial charge is 0.457 e. The normalized spacial score (nSPS) is 21.7. The van der Waals surface area contributed by atoms with E-state index < -0.39 is 31.0 Å². The molecule has 4 atom stereocenters. The molecule has 190 valence electrons. The first-order valence-electron chi connectivity index (χ1n) is 13.4. The molecule has 1 fully saturated rings. The van der Waals surface area contributed by atoms with Crippen LogP contribution in [0.15, 0.2) is 0 Å². The third kappa shape index (κ3) is 13.8. The van der Waals surface area contributed by atoms with Gasteiger partial charge >= 0.3 is 5.97 Å². The zero-order valence-electron chi connectivity index (χ0n) is 20.5. The van der Waals surface area contributed by atoms with Crippen LogP contribution < -0.4 is 0 Å². The van der Waals surface area contributed by atoms with Gasteiger partial charge in [-0.2, -0.15) is 0 Å². The molecule has 32 heavy (non-hydrogen) atoms. The quantitative estimate of drug-likeness (QED) is 0.164. The number of ether oxygens (including phenoxy) is 2. The molecule has 0 aromatic carbocycles. The van der Waals surface area contributed by atoms with Crippen molar-refractivity contribution in [3.8, 4) is 0 Å². The SMILES string of the molecule is CCCCCCCCCCCCCCCCCCCC(=O)O[C@H](CO)[C@H]1OC[C@H](O)[C@H]1O. The van der Waals surface area contributed by atoms with Crippen molar-refractivity contribution in [3.63, 3.8) is 0 Å². The molecule has 6 nitrogen and oxygen atoms in total. The molecule has 0 aromatic heterocycles. The summed E-state index contributed by atoms with van der Waals surface area (Å²) in [4.78, 5) is 12.0. The van der Waals surface area contributed by atoms with E-state index in [4.69, 9.17) is 9.47 Å². The van der Waals surface area contributed by atoms with Crippen molar-refractivity contribution >= 4 is 5.97 Å². The van der Waals surface area contributed by atoms with Gasteiger partial charge in [0.1, 0.15) is 18.3 Å². The van der Waals surface area contributed by atoms with E-state index in [1.165, 1.54) is 89.9 Å². The highest BCUT2D eigenvalue weighted by molar-refractivity contribution is 5.69. The lowest BCUT2D eigenvalue weighted by Crippen LogP contribution is -2.43. The van der Waals surface area contributed by atoms with E-state index in [1.54, 1.807) is 0 Å². The van der Waals surface area contributed by atoms with E-state index >= 15 is 0 Å². The topological polar surface area (TPSA) is 96.2 Å². The van der Waals surface area contributed by atoms with Crippen LogP contribution in [0, 0.1) is 0 Å². The lowest BCUT2D eigenvalue weighted by atomic mass is 10.0. The second kappa shape index (κ2) is 19.7. The minimum absolute atomic E-state index is 0.0148. The predicted octanol–water partition coefficient (Wildman–Crippen LogP) is 5.05. The number of hydrogen-bond donors (Lipinski definition) is 3. The van der Waals surface area contributed by atoms with Crippen molar-refractivity contribution < 1.29 is 29.6 Å². The van der Waals surface area contributed by atoms with Crippen LogP contribution in [0.2, 0.25) is 0 Å². The van der Waals surface area contributed by atoms with Crippen LogP contribution in [0.25, 0.3) is 0 Å². The maximum Gasteiger partial charge on any atom is 0.306 e. The van der Waals surface area contributed by atoms with E-state index in [1.807, 2.05) is 0 Å². The van der Waals surface area contributed by atoms with Crippen LogP contribution in [-0.4, -0.2) is 58.9 Å². The van der Waals surface area contributed by atoms with Crippen molar-refractivity contribution in [2.24, 2.45) is 0 Å². The Morgan fingerprint density at radius 3 is 1.62 bits per heavy atom. The van der Waals surface area contributed by atoms with E-state index in [0.29, 0.717) is 6.42 Å². The zero-order valence-corrected chi connectivity index (χ0v) is 20.5. The molecule has 0 unspecified atom stereocenters. The first-order valence-corrected chi connectivity index (χ1v) is 13.4. The van der Waals surface area contributed by atoms with E-state index in [-0.39, 0.29) is 12.6 Å². The van der Waals surface area contributed by atoms with Crippen molar-refractivity contribution in [3.05, 3.63) is 0 Å². The van der Waals surface area contributed by atoms with Crippen molar-refractivity contribution in [2.75, 3.05) is 13.2 Å². The van der Waals surface area contributed by atoms with E-state index in [9.17, 15) is 20.1 Å². The Labute approximate surface area is 196 Å². The van der Waals surface area contributed by atoms with Crippen molar-refractivity contribution in [2.45, 2.75) is 147 Å². The third-order valence-electron chi connectivity index (χ3n) is 6.50. The van der Waals surface area contributed by atoms with Crippen LogP contribution in [0.3, 0.4) is 0 Å². The Hall–Kier alpha value is -0.690. The minimum atomic E-state index is -1.14. The summed E-state index contributed by atoms with van der Waals surface area (Å²) >= 11 is 0. The predicted molar refractivity (Wildman–Crippen MR) is 127 cm³/mol. The molecule has 1 heterocycles. The lowest BCUT2D eigenvalue weighted by Gasteiger charge is -2.24. The van der Waals surface area contributed by atoms with Gasteiger partial charge in [0, 0.05) is 6.42 Å². The second-order valence-corrected chi connectivity index (χ2v) is 9.47. The average Bonchev–Trinajstić information content (AvgIpc) is 3.12. The van der Waals surface area contributed by atoms with Crippen LogP contribution in [0.5, 0.6) is 0 Å². The van der Waals surface area contributed by atoms with Gasteiger partial charge in [-0.15, -0.1) is 0 Å². The second-order valence-electron chi connectivity index (χ2n) is 9.47. The zero-order chi connectivity index (χ0) is 23.4. The molecule has 1 aliphatic heterocycles. The van der Waals surface area contributed by atoms with Gasteiger partial charge in [0.25, 0.3) is 0 Å². The number of unbranched alkanes of at least 4 members (excludes halogenated alkanes) is 16. The van der Waals surface area contributed by atoms with E-state index in [0.717, 1.165) is 19.3 Å². The van der Waals surface area contributed by atoms with Crippen LogP contribution in [-0.2, 0) is 14.3 Å². The van der Waals surface area contributed by atoms with E-state index in [2.05, 4.69) is 6.92 Å². The highest BCUT2D eigenvalue weighted by atomic mass is 16.6. The first kappa shape index (κ1) is 29.3. The Balaban J connectivity index is 1.86. The van der Waals surface area contributed by atoms with Gasteiger partial charge < -0.3 is 24.8 Å². The van der Waals surface area contributed by atoms with Crippen LogP contribution in [0.4, 0.5) is 0 Å². The maximum absolute atomic E-state index is 12.0. The number of carbonyl (C=O) groups is 1. The number of esters is 1. The summed E-state index contributed by atoms with van der Waals surface area (Å²) in [6.45, 7) is 1.82. The fraction of sp³-hybridized carbons (Fsp3) is 0.962. The third-order valence-corrected chi connectivity index (χ3v) is 6.50. The monoisotopic (exact) mass is 458 g/mol. The number of aliphatic hydroxyl groups excluding tert-OH is 3. The minimum Gasteiger partial charge on any atom is -0.457 e. The number of aliphatic hydroxyl groups is 3. The molecule has 1 rings (SSSR count). The molecule has 0 saturated carbocycles. The molecular formula is C26H50O6. The molecule has 6 heteroatoms. The van der Waals surface area contributed by atoms with Gasteiger partial charge in [0.15, 0.2) is 6.10 Å². The summed E-state index contributed by atoms with van der Waals surface area (Å²) in [6, 6.07) is 0. The molecule has 0 aliphatic carbocycles. The van der Waals surface area contributed by atoms with Crippen LogP contribution >= 0.6 is 0 Å². The van der Waals surface area contributed by atoms with Crippen molar-refractivity contribution in [1.82, 2.24) is 0 Å². The summed E-state index contributed by atoms with van der Waals surface area (Å²) < 4.78 is 10.5. The van der Waals surface area contributed by atoms with Gasteiger partial charge in [-0.25, -0.2) is 0 Å². The number of hydrogen-bond acceptors (Lipinski definition) is 6. The van der Waals surface area contributed by atoms with Crippen molar-refractivity contribution in [1.29, 1.82) is 0 Å². The van der Waals surface area contributed by atoms with Crippen LogP contribution in [0.1, 0.15) is 122 Å². The highest BCUT2D eigenvalue weighted by Gasteiger charge is 2.41. The van der Waals surface area contributed by atoms with Gasteiger partial charge in [0.05, 0.1) is 13.2 Å². The average molecular weight is 459 g/mol. The number of carbonyl (C=O) groups excluding carboxylic acids is 1. The Morgan fingerprint density at radius 2 is 1.25 bits per heavy atom. The number of rotatable bonds is 21. The molecule has 1 aliphatic rings. The van der Waals surface area contributed by atoms with Gasteiger partial charge in [-0.05, 0) is 6.42 Å². The summed E-state index contributed by atoms with van der Waals surface area (Å²) in [5.41, 5.74) is 0. The Kier molecular flexibility index (Phi) is 18.1. The van der Waals surface area contributed by atoms with Gasteiger partial charge in [0.2, 0.25) is 0 Å². The highest BCUT2D eigenvalue weighted by Crippen LogP contribution is 2.20. The molecule has 0 spiro atoms. The molecular weight excluding hydrogens is 408 g/mol. The summed E-state index contributed by atoms with van der Waals surface area (Å²) in [7, 11) is 0. The maximum atomic E-state index is 12.0. The lowest BCUT2D eigenvalue weighted by molar-refractivity contribution is -0.162. The molecule has 3 N–H and O–H groups in total. The Bertz CT molecular complexity index is 444. The Morgan fingerprint density at radius 1 is 0.812 bits per heavy atom. The van der Waals surface area contributed by atoms with Gasteiger partial charge in [-0.3, -0.25) is 4.79 Å². The summed E-state index contributed by atoms with van der Waals surface area (Å²) in [5, 5.41) is 28.8. The summed E-state index contributed by atoms with van der Waals surface area (Å²) in [5.74, 6) is -0.387. The smallest absolute Gasteiger partial charge is 0.306 e. The fourth-order valence-corrected chi connectivity index (χ4v) is 4.38.